The van der Waals surface area contributed by atoms with Gasteiger partial charge in [-0.15, -0.1) is 10.2 Å². The molecule has 0 saturated carbocycles. The predicted molar refractivity (Wildman–Crippen MR) is 89.6 cm³/mol. The van der Waals surface area contributed by atoms with Crippen LogP contribution in [0.2, 0.25) is 0 Å². The molecule has 0 spiro atoms. The van der Waals surface area contributed by atoms with Gasteiger partial charge in [-0.05, 0) is 42.7 Å². The van der Waals surface area contributed by atoms with E-state index in [0.29, 0.717) is 5.82 Å². The zero-order chi connectivity index (χ0) is 18.2. The van der Waals surface area contributed by atoms with Crippen molar-refractivity contribution >= 4 is 17.2 Å². The highest BCUT2D eigenvalue weighted by Gasteiger charge is 2.30. The van der Waals surface area contributed by atoms with E-state index < -0.39 is 11.7 Å². The van der Waals surface area contributed by atoms with Crippen LogP contribution in [0.1, 0.15) is 36.6 Å². The third-order valence-electron chi connectivity index (χ3n) is 3.83. The lowest BCUT2D eigenvalue weighted by atomic mass is 10.1. The van der Waals surface area contributed by atoms with Crippen molar-refractivity contribution in [1.82, 2.24) is 9.38 Å². The molecule has 4 nitrogen and oxygen atoms in total. The second kappa shape index (κ2) is 6.31. The van der Waals surface area contributed by atoms with Gasteiger partial charge in [-0.1, -0.05) is 26.0 Å². The molecule has 0 fully saturated rings. The Kier molecular flexibility index (Phi) is 4.32. The Morgan fingerprint density at radius 2 is 1.84 bits per heavy atom. The van der Waals surface area contributed by atoms with Crippen LogP contribution >= 0.6 is 0 Å². The number of halogens is 3. The summed E-state index contributed by atoms with van der Waals surface area (Å²) in [6, 6.07) is 8.61. The van der Waals surface area contributed by atoms with Crippen LogP contribution in [0.25, 0.3) is 5.65 Å². The first-order chi connectivity index (χ1) is 11.8. The number of hydrogen-bond donors (Lipinski definition) is 0. The maximum atomic E-state index is 12.8. The predicted octanol–water partition coefficient (Wildman–Crippen LogP) is 6.20. The Balaban J connectivity index is 2.07. The summed E-state index contributed by atoms with van der Waals surface area (Å²) in [5, 5.41) is 8.22. The number of azo groups is 1. The minimum Gasteiger partial charge on any atom is -0.283 e. The van der Waals surface area contributed by atoms with E-state index in [0.717, 1.165) is 29.0 Å². The van der Waals surface area contributed by atoms with Crippen molar-refractivity contribution < 1.29 is 13.2 Å². The smallest absolute Gasteiger partial charge is 0.283 e. The van der Waals surface area contributed by atoms with Crippen molar-refractivity contribution in [2.45, 2.75) is 32.9 Å². The van der Waals surface area contributed by atoms with Gasteiger partial charge in [0.05, 0.1) is 16.9 Å². The Hall–Kier alpha value is -2.70. The fraction of sp³-hybridized carbons (Fsp3) is 0.278. The van der Waals surface area contributed by atoms with E-state index in [1.54, 1.807) is 0 Å². The minimum absolute atomic E-state index is 0.106. The molecule has 0 N–H and O–H groups in total. The molecular weight excluding hydrogens is 329 g/mol. The van der Waals surface area contributed by atoms with E-state index in [1.165, 1.54) is 12.1 Å². The van der Waals surface area contributed by atoms with Gasteiger partial charge in [-0.25, -0.2) is 4.98 Å². The zero-order valence-corrected chi connectivity index (χ0v) is 14.0. The lowest BCUT2D eigenvalue weighted by molar-refractivity contribution is -0.137. The molecular formula is C18H17F3N4. The lowest BCUT2D eigenvalue weighted by Gasteiger charge is -2.06. The van der Waals surface area contributed by atoms with Gasteiger partial charge in [0, 0.05) is 6.20 Å². The number of fused-ring (bicyclic) bond motifs is 1. The maximum absolute atomic E-state index is 12.8. The van der Waals surface area contributed by atoms with Gasteiger partial charge in [-0.2, -0.15) is 13.2 Å². The average Bonchev–Trinajstić information content (AvgIpc) is 2.93. The first-order valence-corrected chi connectivity index (χ1v) is 7.84. The SMILES string of the molecule is Cc1cccn2c(N=Nc3cccc(C(F)(F)F)c3)c(C(C)C)nc12. The molecule has 1 aromatic carbocycles. The van der Waals surface area contributed by atoms with Gasteiger partial charge in [0.15, 0.2) is 5.82 Å². The van der Waals surface area contributed by atoms with Crippen molar-refractivity contribution in [2.24, 2.45) is 10.2 Å². The third-order valence-corrected chi connectivity index (χ3v) is 3.83. The molecule has 0 amide bonds. The molecule has 0 aliphatic carbocycles. The van der Waals surface area contributed by atoms with E-state index in [1.807, 2.05) is 43.5 Å². The molecule has 0 atom stereocenters. The van der Waals surface area contributed by atoms with Gasteiger partial charge >= 0.3 is 6.18 Å². The van der Waals surface area contributed by atoms with Crippen molar-refractivity contribution in [1.29, 1.82) is 0 Å². The van der Waals surface area contributed by atoms with E-state index in [9.17, 15) is 13.2 Å². The summed E-state index contributed by atoms with van der Waals surface area (Å²) in [7, 11) is 0. The summed E-state index contributed by atoms with van der Waals surface area (Å²) in [5.74, 6) is 0.640. The van der Waals surface area contributed by atoms with Crippen molar-refractivity contribution in [3.8, 4) is 0 Å². The van der Waals surface area contributed by atoms with Crippen molar-refractivity contribution in [3.63, 3.8) is 0 Å². The molecule has 3 rings (SSSR count). The fourth-order valence-electron chi connectivity index (χ4n) is 2.55. The highest BCUT2D eigenvalue weighted by atomic mass is 19.4. The standard InChI is InChI=1S/C18H17F3N4/c1-11(2)15-17(25-9-5-6-12(3)16(25)22-15)24-23-14-8-4-7-13(10-14)18(19,20)21/h4-11H,1-3H3. The molecule has 130 valence electrons. The molecule has 3 aromatic rings. The Morgan fingerprint density at radius 1 is 1.08 bits per heavy atom. The van der Waals surface area contributed by atoms with Crippen LogP contribution in [-0.4, -0.2) is 9.38 Å². The molecule has 0 saturated heterocycles. The summed E-state index contributed by atoms with van der Waals surface area (Å²) in [5.41, 5.74) is 1.91. The number of pyridine rings is 1. The number of rotatable bonds is 3. The van der Waals surface area contributed by atoms with Crippen LogP contribution in [-0.2, 0) is 6.18 Å². The fourth-order valence-corrected chi connectivity index (χ4v) is 2.55. The lowest BCUT2D eigenvalue weighted by Crippen LogP contribution is -2.03. The number of imidazole rings is 1. The topological polar surface area (TPSA) is 42.0 Å². The molecule has 0 bridgehead atoms. The zero-order valence-electron chi connectivity index (χ0n) is 14.0. The summed E-state index contributed by atoms with van der Waals surface area (Å²) >= 11 is 0. The third kappa shape index (κ3) is 3.40. The van der Waals surface area contributed by atoms with Gasteiger partial charge in [0.25, 0.3) is 0 Å². The monoisotopic (exact) mass is 346 g/mol. The first kappa shape index (κ1) is 17.1. The number of hydrogen-bond acceptors (Lipinski definition) is 3. The number of nitrogens with zero attached hydrogens (tertiary/aromatic N) is 4. The van der Waals surface area contributed by atoms with E-state index in [4.69, 9.17) is 0 Å². The normalized spacial score (nSPS) is 12.6. The molecule has 0 unspecified atom stereocenters. The van der Waals surface area contributed by atoms with Gasteiger partial charge in [0.1, 0.15) is 5.65 Å². The Morgan fingerprint density at radius 3 is 2.52 bits per heavy atom. The number of benzene rings is 1. The molecule has 2 heterocycles. The van der Waals surface area contributed by atoms with Crippen LogP contribution in [0.15, 0.2) is 52.8 Å². The molecule has 0 radical (unpaired) electrons. The van der Waals surface area contributed by atoms with Gasteiger partial charge < -0.3 is 0 Å². The largest absolute Gasteiger partial charge is 0.416 e. The summed E-state index contributed by atoms with van der Waals surface area (Å²) < 4.78 is 40.3. The molecule has 7 heteroatoms. The molecule has 25 heavy (non-hydrogen) atoms. The summed E-state index contributed by atoms with van der Waals surface area (Å²) in [6.07, 6.45) is -2.59. The van der Waals surface area contributed by atoms with Crippen LogP contribution < -0.4 is 0 Å². The van der Waals surface area contributed by atoms with Crippen LogP contribution in [0, 0.1) is 6.92 Å². The van der Waals surface area contributed by atoms with Crippen LogP contribution in [0.3, 0.4) is 0 Å². The highest BCUT2D eigenvalue weighted by Crippen LogP contribution is 2.33. The van der Waals surface area contributed by atoms with E-state index in [-0.39, 0.29) is 11.6 Å². The van der Waals surface area contributed by atoms with E-state index >= 15 is 0 Å². The first-order valence-electron chi connectivity index (χ1n) is 7.84. The quantitative estimate of drug-likeness (QED) is 0.521. The minimum atomic E-state index is -4.41. The molecule has 0 aliphatic rings. The van der Waals surface area contributed by atoms with Crippen molar-refractivity contribution in [2.75, 3.05) is 0 Å². The van der Waals surface area contributed by atoms with Crippen LogP contribution in [0.5, 0.6) is 0 Å². The Labute approximate surface area is 143 Å². The number of aromatic nitrogens is 2. The average molecular weight is 346 g/mol. The Bertz CT molecular complexity index is 939. The number of alkyl halides is 3. The highest BCUT2D eigenvalue weighted by molar-refractivity contribution is 5.57. The molecule has 0 aliphatic heterocycles. The maximum Gasteiger partial charge on any atom is 0.416 e. The van der Waals surface area contributed by atoms with E-state index in [2.05, 4.69) is 15.2 Å². The van der Waals surface area contributed by atoms with Gasteiger partial charge in [0.2, 0.25) is 0 Å². The number of aryl methyl sites for hydroxylation is 1. The summed E-state index contributed by atoms with van der Waals surface area (Å²) in [6.45, 7) is 5.92. The van der Waals surface area contributed by atoms with Crippen molar-refractivity contribution in [3.05, 3.63) is 59.4 Å². The summed E-state index contributed by atoms with van der Waals surface area (Å²) in [4.78, 5) is 4.61. The van der Waals surface area contributed by atoms with Crippen LogP contribution in [0.4, 0.5) is 24.7 Å². The second-order valence-corrected chi connectivity index (χ2v) is 6.11. The van der Waals surface area contributed by atoms with Gasteiger partial charge in [-0.3, -0.25) is 4.40 Å². The molecule has 2 aromatic heterocycles. The second-order valence-electron chi connectivity index (χ2n) is 6.11.